The van der Waals surface area contributed by atoms with Crippen molar-refractivity contribution < 1.29 is 4.79 Å². The van der Waals surface area contributed by atoms with Crippen molar-refractivity contribution in [3.05, 3.63) is 50.1 Å². The Hall–Kier alpha value is -1.33. The molecule has 0 fully saturated rings. The number of nitrogen functional groups attached to an aromatic ring is 1. The summed E-state index contributed by atoms with van der Waals surface area (Å²) in [6, 6.07) is 10.1. The number of nitrogens with two attached hydrogens (primary N) is 1. The smallest absolute Gasteiger partial charge is 0.225 e. The highest BCUT2D eigenvalue weighted by atomic mass is 79.9. The van der Waals surface area contributed by atoms with Gasteiger partial charge in [0.15, 0.2) is 0 Å². The standard InChI is InChI=1S/C16H17BrN2OS/c17-15-7-5-12(21-15)9-16(20)19-14-3-1-2-10-8-11(18)4-6-13(10)14/h4-8,14H,1-3,9,18H2,(H,19,20). The molecule has 0 saturated heterocycles. The zero-order valence-electron chi connectivity index (χ0n) is 11.6. The Morgan fingerprint density at radius 2 is 2.24 bits per heavy atom. The van der Waals surface area contributed by atoms with Crippen LogP contribution in [0.25, 0.3) is 0 Å². The second-order valence-electron chi connectivity index (χ2n) is 5.35. The highest BCUT2D eigenvalue weighted by Crippen LogP contribution is 2.31. The molecular weight excluding hydrogens is 348 g/mol. The summed E-state index contributed by atoms with van der Waals surface area (Å²) >= 11 is 5.03. The lowest BCUT2D eigenvalue weighted by Gasteiger charge is -2.26. The molecule has 1 aromatic heterocycles. The van der Waals surface area contributed by atoms with Gasteiger partial charge in [-0.15, -0.1) is 11.3 Å². The van der Waals surface area contributed by atoms with E-state index in [1.54, 1.807) is 11.3 Å². The third kappa shape index (κ3) is 3.47. The van der Waals surface area contributed by atoms with Gasteiger partial charge in [0, 0.05) is 10.6 Å². The summed E-state index contributed by atoms with van der Waals surface area (Å²) in [5, 5.41) is 3.16. The summed E-state index contributed by atoms with van der Waals surface area (Å²) in [6.07, 6.45) is 3.57. The molecule has 3 nitrogen and oxygen atoms in total. The Labute approximate surface area is 136 Å². The molecule has 1 aliphatic carbocycles. The monoisotopic (exact) mass is 364 g/mol. The first-order valence-corrected chi connectivity index (χ1v) is 8.64. The normalized spacial score (nSPS) is 17.3. The minimum Gasteiger partial charge on any atom is -0.399 e. The highest BCUT2D eigenvalue weighted by molar-refractivity contribution is 9.11. The van der Waals surface area contributed by atoms with Crippen LogP contribution in [0.4, 0.5) is 5.69 Å². The number of hydrogen-bond donors (Lipinski definition) is 2. The summed E-state index contributed by atoms with van der Waals surface area (Å²) in [4.78, 5) is 13.3. The maximum atomic E-state index is 12.2. The number of aryl methyl sites for hydroxylation is 1. The van der Waals surface area contributed by atoms with E-state index in [0.29, 0.717) is 6.42 Å². The number of thiophene rings is 1. The van der Waals surface area contributed by atoms with E-state index in [1.165, 1.54) is 11.1 Å². The SMILES string of the molecule is Nc1ccc2c(c1)CCCC2NC(=O)Cc1ccc(Br)s1. The molecule has 21 heavy (non-hydrogen) atoms. The van der Waals surface area contributed by atoms with Crippen molar-refractivity contribution in [3.63, 3.8) is 0 Å². The third-order valence-electron chi connectivity index (χ3n) is 3.78. The van der Waals surface area contributed by atoms with Crippen molar-refractivity contribution in [1.29, 1.82) is 0 Å². The predicted octanol–water partition coefficient (Wildman–Crippen LogP) is 3.83. The maximum absolute atomic E-state index is 12.2. The first-order chi connectivity index (χ1) is 10.1. The van der Waals surface area contributed by atoms with E-state index >= 15 is 0 Å². The summed E-state index contributed by atoms with van der Waals surface area (Å²) in [7, 11) is 0. The molecule has 3 N–H and O–H groups in total. The van der Waals surface area contributed by atoms with E-state index in [2.05, 4.69) is 27.3 Å². The summed E-state index contributed by atoms with van der Waals surface area (Å²) in [5.74, 6) is 0.0824. The van der Waals surface area contributed by atoms with Crippen LogP contribution in [0.5, 0.6) is 0 Å². The fourth-order valence-corrected chi connectivity index (χ4v) is 4.32. The first-order valence-electron chi connectivity index (χ1n) is 7.04. The van der Waals surface area contributed by atoms with Crippen LogP contribution in [0.1, 0.15) is 34.9 Å². The Bertz CT molecular complexity index is 668. The van der Waals surface area contributed by atoms with Crippen LogP contribution < -0.4 is 11.1 Å². The number of carbonyl (C=O) groups excluding carboxylic acids is 1. The van der Waals surface area contributed by atoms with Crippen LogP contribution in [0.2, 0.25) is 0 Å². The van der Waals surface area contributed by atoms with Gasteiger partial charge in [-0.25, -0.2) is 0 Å². The molecule has 1 atom stereocenters. The summed E-state index contributed by atoms with van der Waals surface area (Å²) < 4.78 is 1.06. The van der Waals surface area contributed by atoms with Gasteiger partial charge in [0.1, 0.15) is 0 Å². The van der Waals surface area contributed by atoms with Crippen LogP contribution in [-0.2, 0) is 17.6 Å². The average molecular weight is 365 g/mol. The number of halogens is 1. The van der Waals surface area contributed by atoms with Gasteiger partial charge >= 0.3 is 0 Å². The van der Waals surface area contributed by atoms with Gasteiger partial charge in [-0.2, -0.15) is 0 Å². The molecule has 5 heteroatoms. The quantitative estimate of drug-likeness (QED) is 0.813. The number of nitrogens with one attached hydrogen (secondary N) is 1. The van der Waals surface area contributed by atoms with Crippen molar-refractivity contribution in [1.82, 2.24) is 5.32 Å². The predicted molar refractivity (Wildman–Crippen MR) is 90.4 cm³/mol. The molecule has 1 heterocycles. The van der Waals surface area contributed by atoms with Crippen molar-refractivity contribution in [2.45, 2.75) is 31.7 Å². The Morgan fingerprint density at radius 1 is 1.38 bits per heavy atom. The topological polar surface area (TPSA) is 55.1 Å². The van der Waals surface area contributed by atoms with Crippen LogP contribution in [0.15, 0.2) is 34.1 Å². The van der Waals surface area contributed by atoms with Gasteiger partial charge in [-0.05, 0) is 70.6 Å². The van der Waals surface area contributed by atoms with Gasteiger partial charge in [-0.3, -0.25) is 4.79 Å². The zero-order chi connectivity index (χ0) is 14.8. The number of amides is 1. The highest BCUT2D eigenvalue weighted by Gasteiger charge is 2.22. The largest absolute Gasteiger partial charge is 0.399 e. The van der Waals surface area contributed by atoms with Crippen LogP contribution >= 0.6 is 27.3 Å². The molecule has 2 aromatic rings. The molecule has 0 radical (unpaired) electrons. The second-order valence-corrected chi connectivity index (χ2v) is 7.90. The molecule has 3 rings (SSSR count). The lowest BCUT2D eigenvalue weighted by atomic mass is 9.87. The van der Waals surface area contributed by atoms with Crippen LogP contribution in [-0.4, -0.2) is 5.91 Å². The van der Waals surface area contributed by atoms with E-state index in [0.717, 1.165) is 33.6 Å². The molecule has 1 aliphatic rings. The molecule has 1 unspecified atom stereocenters. The molecule has 1 amide bonds. The van der Waals surface area contributed by atoms with Crippen molar-refractivity contribution in [3.8, 4) is 0 Å². The zero-order valence-corrected chi connectivity index (χ0v) is 14.0. The minimum absolute atomic E-state index is 0.0824. The Kier molecular flexibility index (Phi) is 4.31. The lowest BCUT2D eigenvalue weighted by Crippen LogP contribution is -2.31. The summed E-state index contributed by atoms with van der Waals surface area (Å²) in [5.41, 5.74) is 9.13. The van der Waals surface area contributed by atoms with E-state index in [-0.39, 0.29) is 11.9 Å². The number of anilines is 1. The number of fused-ring (bicyclic) bond motifs is 1. The fraction of sp³-hybridized carbons (Fsp3) is 0.312. The Balaban J connectivity index is 1.70. The van der Waals surface area contributed by atoms with Gasteiger partial charge in [-0.1, -0.05) is 6.07 Å². The number of rotatable bonds is 3. The van der Waals surface area contributed by atoms with Crippen LogP contribution in [0, 0.1) is 0 Å². The fourth-order valence-electron chi connectivity index (χ4n) is 2.83. The van der Waals surface area contributed by atoms with E-state index in [4.69, 9.17) is 5.73 Å². The number of hydrogen-bond acceptors (Lipinski definition) is 3. The molecule has 0 aliphatic heterocycles. The van der Waals surface area contributed by atoms with E-state index < -0.39 is 0 Å². The minimum atomic E-state index is 0.0824. The molecule has 0 spiro atoms. The van der Waals surface area contributed by atoms with Crippen molar-refractivity contribution >= 4 is 38.9 Å². The first kappa shape index (κ1) is 14.6. The molecular formula is C16H17BrN2OS. The van der Waals surface area contributed by atoms with Crippen LogP contribution in [0.3, 0.4) is 0 Å². The van der Waals surface area contributed by atoms with Gasteiger partial charge < -0.3 is 11.1 Å². The average Bonchev–Trinajstić information content (AvgIpc) is 2.83. The maximum Gasteiger partial charge on any atom is 0.225 e. The lowest BCUT2D eigenvalue weighted by molar-refractivity contribution is -0.121. The van der Waals surface area contributed by atoms with Gasteiger partial charge in [0.05, 0.1) is 16.2 Å². The van der Waals surface area contributed by atoms with E-state index in [1.807, 2.05) is 24.3 Å². The van der Waals surface area contributed by atoms with Crippen molar-refractivity contribution in [2.24, 2.45) is 0 Å². The molecule has 1 aromatic carbocycles. The molecule has 110 valence electrons. The second kappa shape index (κ2) is 6.20. The summed E-state index contributed by atoms with van der Waals surface area (Å²) in [6.45, 7) is 0. The Morgan fingerprint density at radius 3 is 3.00 bits per heavy atom. The number of benzene rings is 1. The van der Waals surface area contributed by atoms with Gasteiger partial charge in [0.2, 0.25) is 5.91 Å². The third-order valence-corrected chi connectivity index (χ3v) is 5.40. The van der Waals surface area contributed by atoms with E-state index in [9.17, 15) is 4.79 Å². The molecule has 0 saturated carbocycles. The number of carbonyl (C=O) groups is 1. The molecule has 0 bridgehead atoms. The van der Waals surface area contributed by atoms with Crippen molar-refractivity contribution in [2.75, 3.05) is 5.73 Å². The van der Waals surface area contributed by atoms with Gasteiger partial charge in [0.25, 0.3) is 0 Å².